The van der Waals surface area contributed by atoms with Crippen LogP contribution in [0.15, 0.2) is 23.1 Å². The Bertz CT molecular complexity index is 500. The summed E-state index contributed by atoms with van der Waals surface area (Å²) in [6.07, 6.45) is 3.12. The molecule has 0 bridgehead atoms. The summed E-state index contributed by atoms with van der Waals surface area (Å²) in [5, 5.41) is 8.36. The Labute approximate surface area is 109 Å². The molecule has 1 rings (SSSR count). The van der Waals surface area contributed by atoms with E-state index in [0.29, 0.717) is 11.7 Å². The first-order chi connectivity index (χ1) is 8.38. The van der Waals surface area contributed by atoms with Gasteiger partial charge in [0.1, 0.15) is 0 Å². The van der Waals surface area contributed by atoms with E-state index in [9.17, 15) is 8.42 Å². The maximum absolute atomic E-state index is 11.2. The van der Waals surface area contributed by atoms with Crippen LogP contribution in [0.5, 0.6) is 0 Å². The molecule has 5 nitrogen and oxygen atoms in total. The number of hydrogen-bond donors (Lipinski definition) is 3. The quantitative estimate of drug-likeness (QED) is 0.688. The molecular formula is C12H21N3O2S. The Morgan fingerprint density at radius 3 is 2.44 bits per heavy atom. The van der Waals surface area contributed by atoms with Gasteiger partial charge in [-0.05, 0) is 31.0 Å². The molecule has 6 heteroatoms. The summed E-state index contributed by atoms with van der Waals surface area (Å²) in [5.74, 6) is 0. The normalized spacial score (nSPS) is 13.3. The summed E-state index contributed by atoms with van der Waals surface area (Å²) in [7, 11) is -3.69. The van der Waals surface area contributed by atoms with Crippen molar-refractivity contribution in [1.29, 1.82) is 0 Å². The van der Waals surface area contributed by atoms with Crippen molar-refractivity contribution in [2.45, 2.75) is 44.0 Å². The minimum absolute atomic E-state index is 0.0362. The van der Waals surface area contributed by atoms with E-state index in [-0.39, 0.29) is 4.90 Å². The Hall–Kier alpha value is -1.27. The van der Waals surface area contributed by atoms with Crippen LogP contribution in [-0.4, -0.2) is 14.5 Å². The van der Waals surface area contributed by atoms with Gasteiger partial charge in [-0.3, -0.25) is 0 Å². The van der Waals surface area contributed by atoms with Gasteiger partial charge in [0.25, 0.3) is 0 Å². The van der Waals surface area contributed by atoms with Gasteiger partial charge in [0.15, 0.2) is 0 Å². The highest BCUT2D eigenvalue weighted by atomic mass is 32.2. The lowest BCUT2D eigenvalue weighted by molar-refractivity contribution is 0.598. The summed E-state index contributed by atoms with van der Waals surface area (Å²) >= 11 is 0. The Morgan fingerprint density at radius 2 is 2.00 bits per heavy atom. The molecule has 0 aliphatic rings. The summed E-state index contributed by atoms with van der Waals surface area (Å²) in [5.41, 5.74) is 6.99. The number of benzene rings is 1. The summed E-state index contributed by atoms with van der Waals surface area (Å²) in [6.45, 7) is 4.22. The lowest BCUT2D eigenvalue weighted by atomic mass is 10.1. The average Bonchev–Trinajstić information content (AvgIpc) is 2.29. The van der Waals surface area contributed by atoms with Crippen molar-refractivity contribution in [2.75, 3.05) is 11.1 Å². The van der Waals surface area contributed by atoms with Gasteiger partial charge in [-0.15, -0.1) is 0 Å². The van der Waals surface area contributed by atoms with Crippen LogP contribution in [0.2, 0.25) is 0 Å². The van der Waals surface area contributed by atoms with E-state index in [1.54, 1.807) is 6.07 Å². The predicted molar refractivity (Wildman–Crippen MR) is 74.8 cm³/mol. The second-order valence-electron chi connectivity index (χ2n) is 4.33. The third-order valence-electron chi connectivity index (χ3n) is 2.84. The Morgan fingerprint density at radius 1 is 1.33 bits per heavy atom. The van der Waals surface area contributed by atoms with Crippen LogP contribution in [0.4, 0.5) is 11.4 Å². The zero-order chi connectivity index (χ0) is 13.8. The van der Waals surface area contributed by atoms with Crippen LogP contribution in [-0.2, 0) is 10.0 Å². The fraction of sp³-hybridized carbons (Fsp3) is 0.500. The standard InChI is InChI=1S/C12H21N3O2S/c1-3-5-9(4-2)15-12-7-6-10(8-11(12)13)18(14,16)17/h6-9,15H,3-5,13H2,1-2H3,(H2,14,16,17). The lowest BCUT2D eigenvalue weighted by Crippen LogP contribution is -2.19. The molecule has 1 aromatic rings. The molecule has 0 aliphatic carbocycles. The van der Waals surface area contributed by atoms with Crippen LogP contribution >= 0.6 is 0 Å². The van der Waals surface area contributed by atoms with Crippen LogP contribution < -0.4 is 16.2 Å². The zero-order valence-corrected chi connectivity index (χ0v) is 11.6. The van der Waals surface area contributed by atoms with Crippen molar-refractivity contribution in [1.82, 2.24) is 0 Å². The van der Waals surface area contributed by atoms with E-state index < -0.39 is 10.0 Å². The van der Waals surface area contributed by atoms with Crippen molar-refractivity contribution in [3.05, 3.63) is 18.2 Å². The summed E-state index contributed by atoms with van der Waals surface area (Å²) < 4.78 is 22.4. The first-order valence-electron chi connectivity index (χ1n) is 6.07. The first-order valence-corrected chi connectivity index (χ1v) is 7.62. The largest absolute Gasteiger partial charge is 0.397 e. The molecule has 0 saturated heterocycles. The molecule has 5 N–H and O–H groups in total. The molecule has 0 aromatic heterocycles. The van der Waals surface area contributed by atoms with E-state index in [4.69, 9.17) is 10.9 Å². The number of anilines is 2. The summed E-state index contributed by atoms with van der Waals surface area (Å²) in [6, 6.07) is 4.86. The maximum atomic E-state index is 11.2. The summed E-state index contributed by atoms with van der Waals surface area (Å²) in [4.78, 5) is 0.0362. The van der Waals surface area contributed by atoms with Crippen LogP contribution in [0.1, 0.15) is 33.1 Å². The van der Waals surface area contributed by atoms with Crippen molar-refractivity contribution in [2.24, 2.45) is 5.14 Å². The fourth-order valence-corrected chi connectivity index (χ4v) is 2.34. The smallest absolute Gasteiger partial charge is 0.238 e. The van der Waals surface area contributed by atoms with Gasteiger partial charge < -0.3 is 11.1 Å². The van der Waals surface area contributed by atoms with Gasteiger partial charge in [-0.2, -0.15) is 0 Å². The highest BCUT2D eigenvalue weighted by molar-refractivity contribution is 7.89. The molecular weight excluding hydrogens is 250 g/mol. The molecule has 1 atom stereocenters. The number of nitrogens with two attached hydrogens (primary N) is 2. The minimum atomic E-state index is -3.69. The van der Waals surface area contributed by atoms with Gasteiger partial charge in [-0.25, -0.2) is 13.6 Å². The third kappa shape index (κ3) is 3.89. The van der Waals surface area contributed by atoms with Gasteiger partial charge in [0, 0.05) is 6.04 Å². The van der Waals surface area contributed by atoms with Gasteiger partial charge in [-0.1, -0.05) is 20.3 Å². The van der Waals surface area contributed by atoms with E-state index in [0.717, 1.165) is 24.9 Å². The average molecular weight is 271 g/mol. The topological polar surface area (TPSA) is 98.2 Å². The van der Waals surface area contributed by atoms with Crippen LogP contribution in [0.25, 0.3) is 0 Å². The van der Waals surface area contributed by atoms with E-state index >= 15 is 0 Å². The number of nitrogen functional groups attached to an aromatic ring is 1. The molecule has 0 fully saturated rings. The fourth-order valence-electron chi connectivity index (χ4n) is 1.80. The Balaban J connectivity index is 2.92. The Kier molecular flexibility index (Phi) is 4.98. The minimum Gasteiger partial charge on any atom is -0.397 e. The van der Waals surface area contributed by atoms with Crippen LogP contribution in [0.3, 0.4) is 0 Å². The number of nitrogens with one attached hydrogen (secondary N) is 1. The maximum Gasteiger partial charge on any atom is 0.238 e. The number of sulfonamides is 1. The zero-order valence-electron chi connectivity index (χ0n) is 10.8. The van der Waals surface area contributed by atoms with E-state index in [1.165, 1.54) is 12.1 Å². The highest BCUT2D eigenvalue weighted by Gasteiger charge is 2.12. The van der Waals surface area contributed by atoms with Crippen molar-refractivity contribution < 1.29 is 8.42 Å². The monoisotopic (exact) mass is 271 g/mol. The van der Waals surface area contributed by atoms with E-state index in [1.807, 2.05) is 0 Å². The van der Waals surface area contributed by atoms with Crippen LogP contribution in [0, 0.1) is 0 Å². The number of primary sulfonamides is 1. The SMILES string of the molecule is CCCC(CC)Nc1ccc(S(N)(=O)=O)cc1N. The predicted octanol–water partition coefficient (Wildman–Crippen LogP) is 1.91. The van der Waals surface area contributed by atoms with Crippen molar-refractivity contribution >= 4 is 21.4 Å². The molecule has 102 valence electrons. The molecule has 1 aromatic carbocycles. The second-order valence-corrected chi connectivity index (χ2v) is 5.89. The molecule has 1 unspecified atom stereocenters. The first kappa shape index (κ1) is 14.8. The second kappa shape index (κ2) is 6.06. The number of hydrogen-bond acceptors (Lipinski definition) is 4. The highest BCUT2D eigenvalue weighted by Crippen LogP contribution is 2.23. The molecule has 0 spiro atoms. The molecule has 18 heavy (non-hydrogen) atoms. The van der Waals surface area contributed by atoms with Gasteiger partial charge in [0.05, 0.1) is 16.3 Å². The molecule has 0 radical (unpaired) electrons. The third-order valence-corrected chi connectivity index (χ3v) is 3.75. The molecule has 0 saturated carbocycles. The molecule has 0 aliphatic heterocycles. The van der Waals surface area contributed by atoms with Crippen molar-refractivity contribution in [3.63, 3.8) is 0 Å². The van der Waals surface area contributed by atoms with Gasteiger partial charge in [0.2, 0.25) is 10.0 Å². The lowest BCUT2D eigenvalue weighted by Gasteiger charge is -2.19. The van der Waals surface area contributed by atoms with Crippen molar-refractivity contribution in [3.8, 4) is 0 Å². The van der Waals surface area contributed by atoms with E-state index in [2.05, 4.69) is 19.2 Å². The van der Waals surface area contributed by atoms with Gasteiger partial charge >= 0.3 is 0 Å². The number of rotatable bonds is 6. The molecule has 0 heterocycles. The molecule has 0 amide bonds.